The summed E-state index contributed by atoms with van der Waals surface area (Å²) in [5.41, 5.74) is 4.79. The van der Waals surface area contributed by atoms with E-state index in [4.69, 9.17) is 4.42 Å². The zero-order valence-corrected chi connectivity index (χ0v) is 18.4. The van der Waals surface area contributed by atoms with Crippen molar-refractivity contribution in [2.75, 3.05) is 6.54 Å². The molecule has 5 nitrogen and oxygen atoms in total. The first kappa shape index (κ1) is 19.7. The van der Waals surface area contributed by atoms with Crippen molar-refractivity contribution in [1.29, 1.82) is 0 Å². The van der Waals surface area contributed by atoms with Crippen LogP contribution in [0, 0.1) is 6.92 Å². The Hall–Kier alpha value is -3.25. The lowest BCUT2D eigenvalue weighted by atomic mass is 9.96. The standard InChI is InChI=1S/C25H23N3O2S/c1-3-21-20-13-15-31-22(20)12-14-28(21)25(29)18-10-8-17(9-11-18)23-26-27-24(30-23)19-7-5-4-6-16(19)2/h4-11,13,15,21H,3,12,14H2,1-2H3. The normalized spacial score (nSPS) is 15.7. The molecule has 1 atom stereocenters. The number of carbonyl (C=O) groups is 1. The summed E-state index contributed by atoms with van der Waals surface area (Å²) in [5, 5.41) is 10.5. The molecule has 1 unspecified atom stereocenters. The number of benzene rings is 2. The van der Waals surface area contributed by atoms with Gasteiger partial charge in [-0.1, -0.05) is 25.1 Å². The zero-order chi connectivity index (χ0) is 21.4. The number of thiophene rings is 1. The summed E-state index contributed by atoms with van der Waals surface area (Å²) >= 11 is 1.79. The van der Waals surface area contributed by atoms with E-state index in [0.717, 1.165) is 36.1 Å². The van der Waals surface area contributed by atoms with Crippen molar-refractivity contribution in [3.63, 3.8) is 0 Å². The van der Waals surface area contributed by atoms with Crippen molar-refractivity contribution in [2.45, 2.75) is 32.7 Å². The highest BCUT2D eigenvalue weighted by atomic mass is 32.1. The van der Waals surface area contributed by atoms with Crippen LogP contribution in [0.3, 0.4) is 0 Å². The minimum atomic E-state index is 0.0707. The van der Waals surface area contributed by atoms with E-state index in [1.165, 1.54) is 10.4 Å². The number of aryl methyl sites for hydroxylation is 1. The number of hydrogen-bond donors (Lipinski definition) is 0. The highest BCUT2D eigenvalue weighted by Crippen LogP contribution is 2.36. The number of fused-ring (bicyclic) bond motifs is 1. The van der Waals surface area contributed by atoms with Crippen molar-refractivity contribution < 1.29 is 9.21 Å². The number of aromatic nitrogens is 2. The molecule has 2 aromatic carbocycles. The quantitative estimate of drug-likeness (QED) is 0.404. The Bertz CT molecular complexity index is 1230. The van der Waals surface area contributed by atoms with E-state index in [-0.39, 0.29) is 11.9 Å². The molecule has 5 rings (SSSR count). The van der Waals surface area contributed by atoms with Crippen molar-refractivity contribution >= 4 is 17.2 Å². The van der Waals surface area contributed by atoms with Crippen molar-refractivity contribution in [2.24, 2.45) is 0 Å². The number of nitrogens with zero attached hydrogens (tertiary/aromatic N) is 3. The third-order valence-corrected chi connectivity index (χ3v) is 6.92. The Morgan fingerprint density at radius 3 is 2.65 bits per heavy atom. The third-order valence-electron chi connectivity index (χ3n) is 5.92. The molecule has 31 heavy (non-hydrogen) atoms. The van der Waals surface area contributed by atoms with Crippen LogP contribution in [0.2, 0.25) is 0 Å². The van der Waals surface area contributed by atoms with Gasteiger partial charge in [-0.2, -0.15) is 0 Å². The molecule has 3 heterocycles. The molecule has 2 aromatic heterocycles. The molecule has 0 radical (unpaired) electrons. The highest BCUT2D eigenvalue weighted by Gasteiger charge is 2.30. The second-order valence-corrected chi connectivity index (χ2v) is 8.78. The van der Waals surface area contributed by atoms with E-state index < -0.39 is 0 Å². The van der Waals surface area contributed by atoms with Gasteiger partial charge in [-0.15, -0.1) is 21.5 Å². The number of carbonyl (C=O) groups excluding carboxylic acids is 1. The number of hydrogen-bond acceptors (Lipinski definition) is 5. The average Bonchev–Trinajstić information content (AvgIpc) is 3.48. The molecule has 1 aliphatic rings. The smallest absolute Gasteiger partial charge is 0.254 e. The van der Waals surface area contributed by atoms with Gasteiger partial charge in [0, 0.05) is 28.1 Å². The Labute approximate surface area is 185 Å². The summed E-state index contributed by atoms with van der Waals surface area (Å²) in [6.45, 7) is 4.92. The van der Waals surface area contributed by atoms with Crippen molar-refractivity contribution in [1.82, 2.24) is 15.1 Å². The van der Waals surface area contributed by atoms with E-state index in [1.807, 2.05) is 60.4 Å². The minimum absolute atomic E-state index is 0.0707. The molecule has 1 aliphatic heterocycles. The van der Waals surface area contributed by atoms with Crippen LogP contribution in [0.4, 0.5) is 0 Å². The molecular weight excluding hydrogens is 406 g/mol. The minimum Gasteiger partial charge on any atom is -0.416 e. The number of rotatable bonds is 4. The Balaban J connectivity index is 1.37. The fourth-order valence-electron chi connectivity index (χ4n) is 4.26. The maximum Gasteiger partial charge on any atom is 0.254 e. The van der Waals surface area contributed by atoms with Gasteiger partial charge < -0.3 is 9.32 Å². The maximum atomic E-state index is 13.3. The van der Waals surface area contributed by atoms with Gasteiger partial charge in [0.05, 0.1) is 6.04 Å². The predicted molar refractivity (Wildman–Crippen MR) is 122 cm³/mol. The molecule has 0 fully saturated rings. The molecule has 6 heteroatoms. The summed E-state index contributed by atoms with van der Waals surface area (Å²) in [6, 6.07) is 17.7. The maximum absolute atomic E-state index is 13.3. The van der Waals surface area contributed by atoms with E-state index in [2.05, 4.69) is 28.6 Å². The van der Waals surface area contributed by atoms with Gasteiger partial charge in [-0.25, -0.2) is 0 Å². The lowest BCUT2D eigenvalue weighted by Gasteiger charge is -2.35. The van der Waals surface area contributed by atoms with Crippen LogP contribution in [0.5, 0.6) is 0 Å². The summed E-state index contributed by atoms with van der Waals surface area (Å²) in [7, 11) is 0. The first-order valence-corrected chi connectivity index (χ1v) is 11.4. The molecular formula is C25H23N3O2S. The lowest BCUT2D eigenvalue weighted by molar-refractivity contribution is 0.0657. The van der Waals surface area contributed by atoms with Crippen LogP contribution in [-0.2, 0) is 6.42 Å². The Kier molecular flexibility index (Phi) is 5.16. The third kappa shape index (κ3) is 3.57. The average molecular weight is 430 g/mol. The molecule has 156 valence electrons. The molecule has 0 bridgehead atoms. The number of amides is 1. The SMILES string of the molecule is CCC1c2ccsc2CCN1C(=O)c1ccc(-c2nnc(-c3ccccc3C)o2)cc1. The molecule has 1 amide bonds. The van der Waals surface area contributed by atoms with Gasteiger partial charge in [0.1, 0.15) is 0 Å². The van der Waals surface area contributed by atoms with Gasteiger partial charge in [0.2, 0.25) is 11.8 Å². The topological polar surface area (TPSA) is 59.2 Å². The first-order chi connectivity index (χ1) is 15.2. The van der Waals surface area contributed by atoms with E-state index >= 15 is 0 Å². The summed E-state index contributed by atoms with van der Waals surface area (Å²) in [6.07, 6.45) is 1.84. The van der Waals surface area contributed by atoms with Gasteiger partial charge >= 0.3 is 0 Å². The fourth-order valence-corrected chi connectivity index (χ4v) is 5.19. The summed E-state index contributed by atoms with van der Waals surface area (Å²) in [4.78, 5) is 16.7. The molecule has 4 aromatic rings. The van der Waals surface area contributed by atoms with Crippen LogP contribution in [0.25, 0.3) is 22.9 Å². The second kappa shape index (κ2) is 8.12. The van der Waals surface area contributed by atoms with Gasteiger partial charge in [-0.05, 0) is 72.7 Å². The molecule has 0 saturated carbocycles. The second-order valence-electron chi connectivity index (χ2n) is 7.78. The van der Waals surface area contributed by atoms with Crippen molar-refractivity contribution in [3.05, 3.63) is 81.5 Å². The summed E-state index contributed by atoms with van der Waals surface area (Å²) in [5.74, 6) is 1.02. The summed E-state index contributed by atoms with van der Waals surface area (Å²) < 4.78 is 5.90. The van der Waals surface area contributed by atoms with Crippen LogP contribution in [0.1, 0.15) is 45.7 Å². The van der Waals surface area contributed by atoms with Gasteiger partial charge in [0.25, 0.3) is 5.91 Å². The zero-order valence-electron chi connectivity index (χ0n) is 17.5. The largest absolute Gasteiger partial charge is 0.416 e. The monoisotopic (exact) mass is 429 g/mol. The van der Waals surface area contributed by atoms with E-state index in [0.29, 0.717) is 17.3 Å². The van der Waals surface area contributed by atoms with Crippen LogP contribution in [0.15, 0.2) is 64.4 Å². The molecule has 0 aliphatic carbocycles. The van der Waals surface area contributed by atoms with E-state index in [1.54, 1.807) is 11.3 Å². The molecule has 0 saturated heterocycles. The molecule has 0 N–H and O–H groups in total. The molecule has 0 spiro atoms. The van der Waals surface area contributed by atoms with Crippen molar-refractivity contribution in [3.8, 4) is 22.9 Å². The lowest BCUT2D eigenvalue weighted by Crippen LogP contribution is -2.39. The highest BCUT2D eigenvalue weighted by molar-refractivity contribution is 7.10. The Morgan fingerprint density at radius 2 is 1.87 bits per heavy atom. The predicted octanol–water partition coefficient (Wildman–Crippen LogP) is 5.92. The van der Waals surface area contributed by atoms with Crippen LogP contribution in [-0.4, -0.2) is 27.5 Å². The van der Waals surface area contributed by atoms with Gasteiger partial charge in [0.15, 0.2) is 0 Å². The van der Waals surface area contributed by atoms with E-state index in [9.17, 15) is 4.79 Å². The van der Waals surface area contributed by atoms with Crippen LogP contribution < -0.4 is 0 Å². The fraction of sp³-hybridized carbons (Fsp3) is 0.240. The Morgan fingerprint density at radius 1 is 1.10 bits per heavy atom. The van der Waals surface area contributed by atoms with Gasteiger partial charge in [-0.3, -0.25) is 4.79 Å². The first-order valence-electron chi connectivity index (χ1n) is 10.5. The van der Waals surface area contributed by atoms with Crippen LogP contribution >= 0.6 is 11.3 Å².